The van der Waals surface area contributed by atoms with Crippen LogP contribution in [-0.2, 0) is 4.79 Å². The van der Waals surface area contributed by atoms with Crippen molar-refractivity contribution in [1.29, 1.82) is 0 Å². The highest BCUT2D eigenvalue weighted by Gasteiger charge is 2.57. The highest BCUT2D eigenvalue weighted by molar-refractivity contribution is 9.10. The topological polar surface area (TPSA) is 29.1 Å². The second-order valence-electron chi connectivity index (χ2n) is 11.3. The molecular formula is C22H32BrNO. The summed E-state index contributed by atoms with van der Waals surface area (Å²) in [4.78, 5) is 13.1. The summed E-state index contributed by atoms with van der Waals surface area (Å²) in [6, 6.07) is 0.521. The molecule has 0 radical (unpaired) electrons. The van der Waals surface area contributed by atoms with Gasteiger partial charge in [0.15, 0.2) is 0 Å². The molecule has 0 saturated heterocycles. The van der Waals surface area contributed by atoms with E-state index >= 15 is 0 Å². The third-order valence-electron chi connectivity index (χ3n) is 9.20. The van der Waals surface area contributed by atoms with Gasteiger partial charge in [0.1, 0.15) is 0 Å². The number of amides is 1. The normalized spacial score (nSPS) is 57.9. The van der Waals surface area contributed by atoms with Crippen molar-refractivity contribution in [1.82, 2.24) is 5.32 Å². The van der Waals surface area contributed by atoms with Gasteiger partial charge in [-0.1, -0.05) is 15.9 Å². The van der Waals surface area contributed by atoms with Crippen molar-refractivity contribution < 1.29 is 4.79 Å². The largest absolute Gasteiger partial charge is 0.353 e. The van der Waals surface area contributed by atoms with Crippen molar-refractivity contribution in [2.75, 3.05) is 0 Å². The molecule has 0 spiro atoms. The van der Waals surface area contributed by atoms with Crippen molar-refractivity contribution >= 4 is 21.8 Å². The summed E-state index contributed by atoms with van der Waals surface area (Å²) in [5.74, 6) is 5.76. The average molecular weight is 406 g/mol. The van der Waals surface area contributed by atoms with Crippen LogP contribution in [-0.4, -0.2) is 16.3 Å². The summed E-state index contributed by atoms with van der Waals surface area (Å²) in [5, 5.41) is 3.60. The molecule has 4 atom stereocenters. The van der Waals surface area contributed by atoms with Gasteiger partial charge in [-0.3, -0.25) is 4.79 Å². The van der Waals surface area contributed by atoms with Gasteiger partial charge in [0.05, 0.1) is 0 Å². The average Bonchev–Trinajstić information content (AvgIpc) is 2.47. The van der Waals surface area contributed by atoms with Crippen LogP contribution in [0.3, 0.4) is 0 Å². The first kappa shape index (κ1) is 16.0. The fraction of sp³-hybridized carbons (Fsp3) is 0.955. The number of nitrogens with one attached hydrogen (secondary N) is 1. The Morgan fingerprint density at radius 1 is 0.840 bits per heavy atom. The molecule has 0 aliphatic heterocycles. The Kier molecular flexibility index (Phi) is 3.36. The minimum Gasteiger partial charge on any atom is -0.353 e. The number of hydrogen-bond donors (Lipinski definition) is 1. The molecule has 3 heteroatoms. The maximum absolute atomic E-state index is 13.1. The number of halogens is 1. The lowest BCUT2D eigenvalue weighted by molar-refractivity contribution is -0.132. The minimum absolute atomic E-state index is 0.323. The molecule has 8 saturated carbocycles. The Morgan fingerprint density at radius 3 is 1.96 bits per heavy atom. The molecule has 8 aliphatic rings. The van der Waals surface area contributed by atoms with E-state index in [1.165, 1.54) is 70.6 Å². The summed E-state index contributed by atoms with van der Waals surface area (Å²) in [6.07, 6.45) is 16.0. The Labute approximate surface area is 160 Å². The molecule has 25 heavy (non-hydrogen) atoms. The summed E-state index contributed by atoms with van der Waals surface area (Å²) < 4.78 is 0.375. The van der Waals surface area contributed by atoms with E-state index in [0.717, 1.165) is 41.9 Å². The van der Waals surface area contributed by atoms with Gasteiger partial charge in [0, 0.05) is 16.8 Å². The van der Waals surface area contributed by atoms with E-state index in [1.54, 1.807) is 0 Å². The van der Waals surface area contributed by atoms with E-state index in [9.17, 15) is 4.79 Å². The Bertz CT molecular complexity index is 559. The predicted molar refractivity (Wildman–Crippen MR) is 102 cm³/mol. The van der Waals surface area contributed by atoms with Crippen LogP contribution in [0.4, 0.5) is 0 Å². The smallest absolute Gasteiger partial charge is 0.220 e. The van der Waals surface area contributed by atoms with Crippen molar-refractivity contribution in [2.45, 2.75) is 87.4 Å². The molecule has 0 heterocycles. The van der Waals surface area contributed by atoms with Gasteiger partial charge in [0.25, 0.3) is 0 Å². The van der Waals surface area contributed by atoms with Crippen LogP contribution >= 0.6 is 15.9 Å². The van der Waals surface area contributed by atoms with Gasteiger partial charge >= 0.3 is 0 Å². The zero-order chi connectivity index (χ0) is 16.8. The molecule has 8 rings (SSSR count). The van der Waals surface area contributed by atoms with Crippen molar-refractivity contribution in [3.8, 4) is 0 Å². The van der Waals surface area contributed by atoms with E-state index < -0.39 is 0 Å². The lowest BCUT2D eigenvalue weighted by Crippen LogP contribution is -2.57. The lowest BCUT2D eigenvalue weighted by Gasteiger charge is -2.60. The molecule has 8 bridgehead atoms. The molecule has 1 amide bonds. The number of carbonyl (C=O) groups is 1. The molecule has 0 aromatic heterocycles. The van der Waals surface area contributed by atoms with Crippen molar-refractivity contribution in [3.63, 3.8) is 0 Å². The number of carbonyl (C=O) groups excluding carboxylic acids is 1. The molecule has 8 fully saturated rings. The van der Waals surface area contributed by atoms with Crippen LogP contribution in [0, 0.1) is 40.9 Å². The van der Waals surface area contributed by atoms with Crippen molar-refractivity contribution in [3.05, 3.63) is 0 Å². The van der Waals surface area contributed by atoms with Gasteiger partial charge in [-0.2, -0.15) is 0 Å². The van der Waals surface area contributed by atoms with Gasteiger partial charge < -0.3 is 5.32 Å². The van der Waals surface area contributed by atoms with E-state index in [1.807, 2.05) is 0 Å². The van der Waals surface area contributed by atoms with Crippen LogP contribution < -0.4 is 5.32 Å². The SMILES string of the molecule is O=C(CC12C[C@@H]3C[C@@H](CC(Br)(C3)C1)C2)NC1C2CC3CC(C2)CC1C3. The summed E-state index contributed by atoms with van der Waals surface area (Å²) in [7, 11) is 0. The molecule has 138 valence electrons. The van der Waals surface area contributed by atoms with Crippen molar-refractivity contribution in [2.24, 2.45) is 40.9 Å². The highest BCUT2D eigenvalue weighted by atomic mass is 79.9. The summed E-state index contributed by atoms with van der Waals surface area (Å²) >= 11 is 4.10. The molecule has 2 nitrogen and oxygen atoms in total. The fourth-order valence-electron chi connectivity index (χ4n) is 9.28. The predicted octanol–water partition coefficient (Wildman–Crippen LogP) is 5.05. The van der Waals surface area contributed by atoms with Gasteiger partial charge in [-0.25, -0.2) is 0 Å². The summed E-state index contributed by atoms with van der Waals surface area (Å²) in [6.45, 7) is 0. The molecular weight excluding hydrogens is 374 g/mol. The lowest BCUT2D eigenvalue weighted by atomic mass is 9.48. The van der Waals surface area contributed by atoms with E-state index in [0.29, 0.717) is 21.7 Å². The monoisotopic (exact) mass is 405 g/mol. The Morgan fingerprint density at radius 2 is 1.40 bits per heavy atom. The Hall–Kier alpha value is -0.0500. The molecule has 0 aromatic rings. The van der Waals surface area contributed by atoms with Gasteiger partial charge in [-0.15, -0.1) is 0 Å². The summed E-state index contributed by atoms with van der Waals surface area (Å²) in [5.41, 5.74) is 0.323. The van der Waals surface area contributed by atoms with Crippen LogP contribution in [0.5, 0.6) is 0 Å². The maximum Gasteiger partial charge on any atom is 0.220 e. The van der Waals surface area contributed by atoms with E-state index in [-0.39, 0.29) is 0 Å². The molecule has 0 aromatic carbocycles. The van der Waals surface area contributed by atoms with Crippen LogP contribution in [0.25, 0.3) is 0 Å². The third-order valence-corrected chi connectivity index (χ3v) is 10.1. The molecule has 2 unspecified atom stereocenters. The second-order valence-corrected chi connectivity index (χ2v) is 13.0. The minimum atomic E-state index is 0.323. The standard InChI is InChI=1S/C22H32BrNO/c23-22-9-15-2-16(10-22)8-21(7-15,12-22)11-19(25)24-20-17-3-13-1-14(5-17)6-18(20)4-13/h13-18,20H,1-12H2,(H,24,25)/t13?,14?,15-,16+,17?,18?,20?,21?,22?. The Balaban J connectivity index is 1.16. The second kappa shape index (κ2) is 5.26. The first-order valence-corrected chi connectivity index (χ1v) is 11.8. The first-order valence-electron chi connectivity index (χ1n) is 11.0. The van der Waals surface area contributed by atoms with Gasteiger partial charge in [-0.05, 0) is 112 Å². The van der Waals surface area contributed by atoms with E-state index in [2.05, 4.69) is 21.2 Å². The van der Waals surface area contributed by atoms with E-state index in [4.69, 9.17) is 0 Å². The maximum atomic E-state index is 13.1. The quantitative estimate of drug-likeness (QED) is 0.653. The fourth-order valence-corrected chi connectivity index (χ4v) is 10.8. The molecule has 1 N–H and O–H groups in total. The number of rotatable bonds is 3. The highest BCUT2D eigenvalue weighted by Crippen LogP contribution is 2.65. The van der Waals surface area contributed by atoms with Crippen LogP contribution in [0.2, 0.25) is 0 Å². The number of alkyl halides is 1. The van der Waals surface area contributed by atoms with Crippen LogP contribution in [0.15, 0.2) is 0 Å². The zero-order valence-electron chi connectivity index (χ0n) is 15.3. The third kappa shape index (κ3) is 2.57. The van der Waals surface area contributed by atoms with Gasteiger partial charge in [0.2, 0.25) is 5.91 Å². The molecule has 8 aliphatic carbocycles. The number of hydrogen-bond acceptors (Lipinski definition) is 1. The first-order chi connectivity index (χ1) is 12.0. The zero-order valence-corrected chi connectivity index (χ0v) is 16.9. The van der Waals surface area contributed by atoms with Crippen LogP contribution in [0.1, 0.15) is 77.0 Å².